The number of rotatable bonds is 5. The zero-order valence-electron chi connectivity index (χ0n) is 10.1. The molecule has 0 heterocycles. The zero-order chi connectivity index (χ0) is 13.1. The van der Waals surface area contributed by atoms with E-state index in [4.69, 9.17) is 16.7 Å². The van der Waals surface area contributed by atoms with Crippen molar-refractivity contribution in [3.05, 3.63) is 29.8 Å². The Balaban J connectivity index is 2.92. The molecule has 0 saturated carbocycles. The van der Waals surface area contributed by atoms with Crippen LogP contribution in [0, 0.1) is 5.92 Å². The van der Waals surface area contributed by atoms with Crippen LogP contribution in [0.5, 0.6) is 0 Å². The number of benzene rings is 1. The molecular formula is C12H18ClNO2S. The van der Waals surface area contributed by atoms with Gasteiger partial charge in [-0.15, -0.1) is 11.6 Å². The molecule has 17 heavy (non-hydrogen) atoms. The fourth-order valence-corrected chi connectivity index (χ4v) is 3.09. The van der Waals surface area contributed by atoms with E-state index in [9.17, 15) is 8.42 Å². The van der Waals surface area contributed by atoms with Gasteiger partial charge in [-0.3, -0.25) is 0 Å². The molecule has 1 aromatic carbocycles. The highest BCUT2D eigenvalue weighted by molar-refractivity contribution is 7.89. The highest BCUT2D eigenvalue weighted by Gasteiger charge is 2.16. The summed E-state index contributed by atoms with van der Waals surface area (Å²) < 4.78 is 22.8. The van der Waals surface area contributed by atoms with Gasteiger partial charge in [-0.2, -0.15) is 0 Å². The second-order valence-electron chi connectivity index (χ2n) is 4.58. The van der Waals surface area contributed by atoms with Crippen molar-refractivity contribution in [3.63, 3.8) is 0 Å². The lowest BCUT2D eigenvalue weighted by molar-refractivity contribution is 0.558. The van der Waals surface area contributed by atoms with Crippen molar-refractivity contribution in [2.75, 3.05) is 0 Å². The molecule has 0 bridgehead atoms. The Labute approximate surface area is 108 Å². The average Bonchev–Trinajstić information content (AvgIpc) is 2.15. The van der Waals surface area contributed by atoms with Crippen LogP contribution in [0.2, 0.25) is 0 Å². The summed E-state index contributed by atoms with van der Waals surface area (Å²) in [5, 5.41) is 5.09. The molecule has 1 aromatic rings. The van der Waals surface area contributed by atoms with Gasteiger partial charge in [0.15, 0.2) is 0 Å². The van der Waals surface area contributed by atoms with E-state index in [1.807, 2.05) is 0 Å². The Morgan fingerprint density at radius 2 is 1.88 bits per heavy atom. The standard InChI is InChI=1S/C12H18ClNO2S/c1-9(2)7-11(13)8-10-5-3-4-6-12(10)17(14,15)16/h3-6,9,11H,7-8H2,1-2H3,(H2,14,15,16). The summed E-state index contributed by atoms with van der Waals surface area (Å²) in [6, 6.07) is 6.73. The summed E-state index contributed by atoms with van der Waals surface area (Å²) in [4.78, 5) is 0.175. The molecule has 3 nitrogen and oxygen atoms in total. The Morgan fingerprint density at radius 1 is 1.29 bits per heavy atom. The first-order chi connectivity index (χ1) is 7.80. The Kier molecular flexibility index (Phi) is 4.98. The van der Waals surface area contributed by atoms with E-state index < -0.39 is 10.0 Å². The van der Waals surface area contributed by atoms with E-state index in [0.29, 0.717) is 17.9 Å². The van der Waals surface area contributed by atoms with Gasteiger partial charge in [0.25, 0.3) is 0 Å². The Morgan fingerprint density at radius 3 is 2.41 bits per heavy atom. The van der Waals surface area contributed by atoms with Crippen molar-refractivity contribution in [2.45, 2.75) is 37.0 Å². The van der Waals surface area contributed by atoms with Crippen LogP contribution in [-0.2, 0) is 16.4 Å². The van der Waals surface area contributed by atoms with Crippen LogP contribution < -0.4 is 5.14 Å². The zero-order valence-corrected chi connectivity index (χ0v) is 11.6. The predicted molar refractivity (Wildman–Crippen MR) is 70.6 cm³/mol. The fraction of sp³-hybridized carbons (Fsp3) is 0.500. The van der Waals surface area contributed by atoms with Crippen molar-refractivity contribution < 1.29 is 8.42 Å². The van der Waals surface area contributed by atoms with Crippen molar-refractivity contribution >= 4 is 21.6 Å². The number of sulfonamides is 1. The molecule has 2 N–H and O–H groups in total. The predicted octanol–water partition coefficient (Wildman–Crippen LogP) is 2.53. The van der Waals surface area contributed by atoms with E-state index >= 15 is 0 Å². The quantitative estimate of drug-likeness (QED) is 0.840. The number of hydrogen-bond acceptors (Lipinski definition) is 2. The van der Waals surface area contributed by atoms with Crippen LogP contribution in [-0.4, -0.2) is 13.8 Å². The first-order valence-corrected chi connectivity index (χ1v) is 7.53. The van der Waals surface area contributed by atoms with Gasteiger partial charge in [0, 0.05) is 5.38 Å². The first-order valence-electron chi connectivity index (χ1n) is 5.55. The van der Waals surface area contributed by atoms with E-state index in [0.717, 1.165) is 6.42 Å². The van der Waals surface area contributed by atoms with Gasteiger partial charge in [-0.1, -0.05) is 32.0 Å². The number of halogens is 1. The minimum Gasteiger partial charge on any atom is -0.225 e. The van der Waals surface area contributed by atoms with Gasteiger partial charge in [0.2, 0.25) is 10.0 Å². The molecule has 0 saturated heterocycles. The molecule has 1 unspecified atom stereocenters. The smallest absolute Gasteiger partial charge is 0.225 e. The second kappa shape index (κ2) is 5.85. The van der Waals surface area contributed by atoms with Gasteiger partial charge in [-0.05, 0) is 30.4 Å². The maximum absolute atomic E-state index is 11.4. The summed E-state index contributed by atoms with van der Waals surface area (Å²) in [6.45, 7) is 4.17. The number of nitrogens with two attached hydrogens (primary N) is 1. The summed E-state index contributed by atoms with van der Waals surface area (Å²) in [5.74, 6) is 0.485. The fourth-order valence-electron chi connectivity index (χ4n) is 1.78. The minimum absolute atomic E-state index is 0.0714. The van der Waals surface area contributed by atoms with Gasteiger partial charge in [-0.25, -0.2) is 13.6 Å². The highest BCUT2D eigenvalue weighted by Crippen LogP contribution is 2.21. The molecule has 96 valence electrons. The molecule has 0 aliphatic rings. The van der Waals surface area contributed by atoms with E-state index in [2.05, 4.69) is 13.8 Å². The lowest BCUT2D eigenvalue weighted by Gasteiger charge is -2.14. The minimum atomic E-state index is -3.67. The molecule has 0 spiro atoms. The van der Waals surface area contributed by atoms with Crippen molar-refractivity contribution in [1.82, 2.24) is 0 Å². The molecular weight excluding hydrogens is 258 g/mol. The molecule has 5 heteroatoms. The Hall–Kier alpha value is -0.580. The van der Waals surface area contributed by atoms with Crippen molar-refractivity contribution in [2.24, 2.45) is 11.1 Å². The molecule has 0 aliphatic heterocycles. The maximum atomic E-state index is 11.4. The molecule has 1 atom stereocenters. The lowest BCUT2D eigenvalue weighted by atomic mass is 10.0. The van der Waals surface area contributed by atoms with Gasteiger partial charge < -0.3 is 0 Å². The van der Waals surface area contributed by atoms with Gasteiger partial charge in [0.1, 0.15) is 0 Å². The number of primary sulfonamides is 1. The molecule has 0 fully saturated rings. The van der Waals surface area contributed by atoms with Crippen LogP contribution >= 0.6 is 11.6 Å². The van der Waals surface area contributed by atoms with E-state index in [-0.39, 0.29) is 10.3 Å². The largest absolute Gasteiger partial charge is 0.238 e. The SMILES string of the molecule is CC(C)CC(Cl)Cc1ccccc1S(N)(=O)=O. The van der Waals surface area contributed by atoms with Crippen LogP contribution in [0.25, 0.3) is 0 Å². The molecule has 0 aliphatic carbocycles. The maximum Gasteiger partial charge on any atom is 0.238 e. The van der Waals surface area contributed by atoms with E-state index in [1.165, 1.54) is 6.07 Å². The summed E-state index contributed by atoms with van der Waals surface area (Å²) in [7, 11) is -3.67. The van der Waals surface area contributed by atoms with Gasteiger partial charge >= 0.3 is 0 Å². The average molecular weight is 276 g/mol. The monoisotopic (exact) mass is 275 g/mol. The topological polar surface area (TPSA) is 60.2 Å². The Bertz CT molecular complexity index is 471. The summed E-state index contributed by atoms with van der Waals surface area (Å²) in [6.07, 6.45) is 1.37. The van der Waals surface area contributed by atoms with Crippen LogP contribution in [0.3, 0.4) is 0 Å². The van der Waals surface area contributed by atoms with Gasteiger partial charge in [0.05, 0.1) is 4.90 Å². The molecule has 0 amide bonds. The third kappa shape index (κ3) is 4.66. The first kappa shape index (κ1) is 14.5. The summed E-state index contributed by atoms with van der Waals surface area (Å²) in [5.41, 5.74) is 0.690. The normalized spacial score (nSPS) is 13.9. The van der Waals surface area contributed by atoms with Crippen molar-refractivity contribution in [3.8, 4) is 0 Å². The molecule has 1 rings (SSSR count). The highest BCUT2D eigenvalue weighted by atomic mass is 35.5. The third-order valence-corrected chi connectivity index (χ3v) is 3.79. The molecule has 0 aromatic heterocycles. The second-order valence-corrected chi connectivity index (χ2v) is 6.73. The number of alkyl halides is 1. The third-order valence-electron chi connectivity index (χ3n) is 2.45. The van der Waals surface area contributed by atoms with Crippen LogP contribution in [0.4, 0.5) is 0 Å². The van der Waals surface area contributed by atoms with E-state index in [1.54, 1.807) is 18.2 Å². The number of hydrogen-bond donors (Lipinski definition) is 1. The van der Waals surface area contributed by atoms with Crippen LogP contribution in [0.15, 0.2) is 29.2 Å². The van der Waals surface area contributed by atoms with Crippen molar-refractivity contribution in [1.29, 1.82) is 0 Å². The summed E-state index contributed by atoms with van der Waals surface area (Å²) >= 11 is 6.20. The van der Waals surface area contributed by atoms with Crippen LogP contribution in [0.1, 0.15) is 25.8 Å². The lowest BCUT2D eigenvalue weighted by Crippen LogP contribution is -2.16. The molecule has 0 radical (unpaired) electrons.